The molecule has 1 aliphatic rings. The second kappa shape index (κ2) is 11.2. The van der Waals surface area contributed by atoms with Crippen LogP contribution >= 0.6 is 0 Å². The van der Waals surface area contributed by atoms with Crippen LogP contribution in [0.4, 0.5) is 0 Å². The highest BCUT2D eigenvalue weighted by atomic mass is 16.5. The minimum Gasteiger partial charge on any atom is -0.408 e. The Morgan fingerprint density at radius 3 is 2.73 bits per heavy atom. The van der Waals surface area contributed by atoms with Crippen molar-refractivity contribution >= 4 is 16.9 Å². The maximum Gasteiger partial charge on any atom is 0.249 e. The van der Waals surface area contributed by atoms with Crippen molar-refractivity contribution in [1.82, 2.24) is 19.6 Å². The van der Waals surface area contributed by atoms with Crippen LogP contribution in [0.5, 0.6) is 0 Å². The van der Waals surface area contributed by atoms with E-state index in [1.54, 1.807) is 4.90 Å². The molecule has 3 N–H and O–H groups in total. The Bertz CT molecular complexity index is 1060. The third-order valence-electron chi connectivity index (χ3n) is 6.66. The van der Waals surface area contributed by atoms with Gasteiger partial charge >= 0.3 is 0 Å². The molecule has 2 aromatic heterocycles. The molecule has 1 fully saturated rings. The molecule has 0 aliphatic carbocycles. The van der Waals surface area contributed by atoms with Crippen molar-refractivity contribution in [3.63, 3.8) is 0 Å². The van der Waals surface area contributed by atoms with Crippen molar-refractivity contribution in [1.29, 1.82) is 0 Å². The molecule has 3 heterocycles. The summed E-state index contributed by atoms with van der Waals surface area (Å²) in [6.45, 7) is 3.99. The van der Waals surface area contributed by atoms with E-state index in [1.165, 1.54) is 62.3 Å². The molecule has 4 rings (SSSR count). The fourth-order valence-electron chi connectivity index (χ4n) is 4.78. The Kier molecular flexibility index (Phi) is 7.86. The first-order valence-electron chi connectivity index (χ1n) is 12.4. The molecule has 0 amide bonds. The Balaban J connectivity index is 1.39. The average Bonchev–Trinajstić information content (AvgIpc) is 3.59. The number of hydrogen-bond acceptors (Lipinski definition) is 5. The molecule has 0 unspecified atom stereocenters. The van der Waals surface area contributed by atoms with Gasteiger partial charge in [-0.2, -0.15) is 4.98 Å². The summed E-state index contributed by atoms with van der Waals surface area (Å²) in [4.78, 5) is 6.45. The Morgan fingerprint density at radius 1 is 1.15 bits per heavy atom. The second-order valence-electron chi connectivity index (χ2n) is 9.02. The molecule has 8 nitrogen and oxygen atoms in total. The molecule has 0 spiro atoms. The number of guanidine groups is 1. The lowest BCUT2D eigenvalue weighted by Crippen LogP contribution is -2.36. The third-order valence-corrected chi connectivity index (χ3v) is 6.66. The zero-order chi connectivity index (χ0) is 23.0. The molecule has 1 aromatic carbocycles. The molecule has 1 atom stereocenters. The highest BCUT2D eigenvalue weighted by Gasteiger charge is 2.32. The summed E-state index contributed by atoms with van der Waals surface area (Å²) in [7, 11) is 0. The van der Waals surface area contributed by atoms with Crippen LogP contribution < -0.4 is 5.73 Å². The molecule has 178 valence electrons. The van der Waals surface area contributed by atoms with Gasteiger partial charge in [0.25, 0.3) is 0 Å². The number of nitrogens with zero attached hydrogens (tertiary/aromatic N) is 5. The summed E-state index contributed by atoms with van der Waals surface area (Å²) in [6.07, 6.45) is 14.5. The van der Waals surface area contributed by atoms with Gasteiger partial charge in [0.1, 0.15) is 6.04 Å². The number of aryl methyl sites for hydroxylation is 1. The number of hydrogen-bond donors (Lipinski definition) is 2. The Labute approximate surface area is 195 Å². The van der Waals surface area contributed by atoms with Gasteiger partial charge in [-0.3, -0.25) is 0 Å². The van der Waals surface area contributed by atoms with Crippen LogP contribution in [0.1, 0.15) is 83.1 Å². The number of oxime groups is 1. The van der Waals surface area contributed by atoms with Gasteiger partial charge in [-0.1, -0.05) is 74.3 Å². The van der Waals surface area contributed by atoms with Gasteiger partial charge in [0, 0.05) is 30.4 Å². The predicted molar refractivity (Wildman–Crippen MR) is 130 cm³/mol. The van der Waals surface area contributed by atoms with Crippen LogP contribution in [-0.2, 0) is 6.54 Å². The van der Waals surface area contributed by atoms with E-state index >= 15 is 0 Å². The number of benzene rings is 1. The van der Waals surface area contributed by atoms with E-state index in [1.807, 2.05) is 6.07 Å². The molecule has 3 aromatic rings. The summed E-state index contributed by atoms with van der Waals surface area (Å²) in [5, 5.41) is 17.6. The molecule has 33 heavy (non-hydrogen) atoms. The topological polar surface area (TPSA) is 106 Å². The summed E-state index contributed by atoms with van der Waals surface area (Å²) < 4.78 is 7.90. The third kappa shape index (κ3) is 5.49. The van der Waals surface area contributed by atoms with Gasteiger partial charge in [-0.05, 0) is 36.8 Å². The number of unbranched alkanes of at least 4 members (excludes halogenated alkanes) is 7. The van der Waals surface area contributed by atoms with E-state index in [9.17, 15) is 0 Å². The van der Waals surface area contributed by atoms with Crippen molar-refractivity contribution in [3.8, 4) is 11.4 Å². The first kappa shape index (κ1) is 23.1. The van der Waals surface area contributed by atoms with E-state index in [2.05, 4.69) is 51.2 Å². The Morgan fingerprint density at radius 2 is 1.94 bits per heavy atom. The molecule has 0 bridgehead atoms. The van der Waals surface area contributed by atoms with Crippen LogP contribution in [0, 0.1) is 0 Å². The van der Waals surface area contributed by atoms with Crippen molar-refractivity contribution in [2.45, 2.75) is 83.7 Å². The van der Waals surface area contributed by atoms with Crippen molar-refractivity contribution in [3.05, 3.63) is 36.4 Å². The van der Waals surface area contributed by atoms with E-state index in [4.69, 9.17) is 15.5 Å². The van der Waals surface area contributed by atoms with Gasteiger partial charge in [-0.15, -0.1) is 0 Å². The monoisotopic (exact) mass is 452 g/mol. The average molecular weight is 453 g/mol. The SMILES string of the molecule is CCCCCCCCCCn1ccc2ccc(-c3noc([C@@H]4CCCN4/C(N)=N\O)n3)cc21. The molecular formula is C25H36N6O2. The van der Waals surface area contributed by atoms with Crippen LogP contribution in [0.2, 0.25) is 0 Å². The van der Waals surface area contributed by atoms with Crippen molar-refractivity contribution in [2.75, 3.05) is 6.54 Å². The number of likely N-dealkylation sites (tertiary alicyclic amines) is 1. The first-order valence-corrected chi connectivity index (χ1v) is 12.4. The number of fused-ring (bicyclic) bond motifs is 1. The van der Waals surface area contributed by atoms with E-state index in [0.29, 0.717) is 18.3 Å². The highest BCUT2D eigenvalue weighted by molar-refractivity contribution is 5.84. The quantitative estimate of drug-likeness (QED) is 0.128. The highest BCUT2D eigenvalue weighted by Crippen LogP contribution is 2.32. The van der Waals surface area contributed by atoms with E-state index < -0.39 is 0 Å². The lowest BCUT2D eigenvalue weighted by atomic mass is 10.1. The van der Waals surface area contributed by atoms with Gasteiger partial charge in [0.15, 0.2) is 0 Å². The Hall–Kier alpha value is -3.03. The number of rotatable bonds is 11. The van der Waals surface area contributed by atoms with Gasteiger partial charge in [0.05, 0.1) is 0 Å². The smallest absolute Gasteiger partial charge is 0.249 e. The van der Waals surface area contributed by atoms with Gasteiger partial charge in [0.2, 0.25) is 17.7 Å². The minimum absolute atomic E-state index is 0.0810. The molecule has 0 saturated carbocycles. The molecule has 0 radical (unpaired) electrons. The van der Waals surface area contributed by atoms with Crippen LogP contribution in [0.25, 0.3) is 22.3 Å². The van der Waals surface area contributed by atoms with Crippen LogP contribution in [-0.4, -0.2) is 37.3 Å². The van der Waals surface area contributed by atoms with Gasteiger partial charge in [-0.25, -0.2) is 0 Å². The predicted octanol–water partition coefficient (Wildman–Crippen LogP) is 5.67. The standard InChI is InChI=1S/C25H36N6O2/c1-2-3-4-5-6-7-8-9-15-30-17-14-19-12-13-20(18-22(19)30)23-27-24(33-29-23)21-11-10-16-31(21)25(26)28-32/h12-14,17-18,21,32H,2-11,15-16H2,1H3,(H2,26,28)/t21-/m0/s1. The molecule has 1 saturated heterocycles. The zero-order valence-electron chi connectivity index (χ0n) is 19.6. The van der Waals surface area contributed by atoms with Crippen LogP contribution in [0.3, 0.4) is 0 Å². The summed E-state index contributed by atoms with van der Waals surface area (Å²) in [5.74, 6) is 1.15. The van der Waals surface area contributed by atoms with Crippen molar-refractivity contribution in [2.24, 2.45) is 10.9 Å². The van der Waals surface area contributed by atoms with Crippen LogP contribution in [0.15, 0.2) is 40.1 Å². The summed E-state index contributed by atoms with van der Waals surface area (Å²) in [5.41, 5.74) is 7.94. The normalized spacial score (nSPS) is 16.8. The van der Waals surface area contributed by atoms with Gasteiger partial charge < -0.3 is 24.9 Å². The fraction of sp³-hybridized carbons (Fsp3) is 0.560. The molecule has 8 heteroatoms. The van der Waals surface area contributed by atoms with Crippen molar-refractivity contribution < 1.29 is 9.73 Å². The first-order chi connectivity index (χ1) is 16.2. The number of nitrogens with two attached hydrogens (primary N) is 1. The zero-order valence-corrected chi connectivity index (χ0v) is 19.6. The summed E-state index contributed by atoms with van der Waals surface area (Å²) in [6, 6.07) is 8.30. The maximum absolute atomic E-state index is 9.04. The maximum atomic E-state index is 9.04. The second-order valence-corrected chi connectivity index (χ2v) is 9.02. The summed E-state index contributed by atoms with van der Waals surface area (Å²) >= 11 is 0. The minimum atomic E-state index is -0.156. The lowest BCUT2D eigenvalue weighted by Gasteiger charge is -2.21. The fourth-order valence-corrected chi connectivity index (χ4v) is 4.78. The largest absolute Gasteiger partial charge is 0.408 e. The lowest BCUT2D eigenvalue weighted by molar-refractivity contribution is 0.263. The van der Waals surface area contributed by atoms with E-state index in [-0.39, 0.29) is 12.0 Å². The number of aromatic nitrogens is 3. The molecular weight excluding hydrogens is 416 g/mol. The molecule has 1 aliphatic heterocycles. The van der Waals surface area contributed by atoms with E-state index in [0.717, 1.165) is 24.9 Å².